The van der Waals surface area contributed by atoms with Gasteiger partial charge in [-0.05, 0) is 30.5 Å². The number of ether oxygens (including phenoxy) is 1. The summed E-state index contributed by atoms with van der Waals surface area (Å²) in [5.74, 6) is 1.33. The lowest BCUT2D eigenvalue weighted by Gasteiger charge is -2.21. The van der Waals surface area contributed by atoms with Crippen LogP contribution in [0.15, 0.2) is 18.2 Å². The number of likely N-dealkylation sites (tertiary alicyclic amines) is 1. The van der Waals surface area contributed by atoms with Crippen molar-refractivity contribution >= 4 is 5.91 Å². The van der Waals surface area contributed by atoms with Crippen molar-refractivity contribution in [1.82, 2.24) is 10.2 Å². The van der Waals surface area contributed by atoms with E-state index >= 15 is 0 Å². The molecule has 4 nitrogen and oxygen atoms in total. The van der Waals surface area contributed by atoms with E-state index in [-0.39, 0.29) is 0 Å². The minimum absolute atomic E-state index is 0.299. The van der Waals surface area contributed by atoms with Crippen molar-refractivity contribution in [2.75, 3.05) is 19.7 Å². The molecule has 20 heavy (non-hydrogen) atoms. The van der Waals surface area contributed by atoms with Gasteiger partial charge in [0.05, 0.1) is 6.61 Å². The summed E-state index contributed by atoms with van der Waals surface area (Å²) in [6, 6.07) is 6.73. The van der Waals surface area contributed by atoms with E-state index in [1.54, 1.807) is 0 Å². The predicted molar refractivity (Wildman–Crippen MR) is 77.8 cm³/mol. The Morgan fingerprint density at radius 1 is 1.40 bits per heavy atom. The molecule has 1 amide bonds. The van der Waals surface area contributed by atoms with Gasteiger partial charge in [-0.3, -0.25) is 4.79 Å². The van der Waals surface area contributed by atoms with Crippen LogP contribution in [0.3, 0.4) is 0 Å². The Bertz CT molecular complexity index is 501. The lowest BCUT2D eigenvalue weighted by atomic mass is 10.1. The van der Waals surface area contributed by atoms with Gasteiger partial charge in [-0.25, -0.2) is 0 Å². The molecule has 1 aromatic carbocycles. The zero-order valence-electron chi connectivity index (χ0n) is 12.0. The van der Waals surface area contributed by atoms with Gasteiger partial charge >= 0.3 is 0 Å². The van der Waals surface area contributed by atoms with Crippen LogP contribution in [0.2, 0.25) is 0 Å². The molecule has 2 aliphatic rings. The Hall–Kier alpha value is -1.55. The standard InChI is InChI=1S/C16H22N2O2/c1-12(11-18-7-2-3-16(18)19)17-10-13-4-5-15-14(9-13)6-8-20-15/h4-5,9,12,17H,2-3,6-8,10-11H2,1H3. The average Bonchev–Trinajstić information content (AvgIpc) is 3.05. The Kier molecular flexibility index (Phi) is 3.92. The number of benzene rings is 1. The fourth-order valence-electron chi connectivity index (χ4n) is 2.93. The Morgan fingerprint density at radius 2 is 2.30 bits per heavy atom. The molecule has 1 atom stereocenters. The molecule has 2 aliphatic heterocycles. The third-order valence-corrected chi connectivity index (χ3v) is 4.07. The van der Waals surface area contributed by atoms with Crippen LogP contribution in [0.4, 0.5) is 0 Å². The number of nitrogens with zero attached hydrogens (tertiary/aromatic N) is 1. The van der Waals surface area contributed by atoms with E-state index in [9.17, 15) is 4.79 Å². The van der Waals surface area contributed by atoms with E-state index < -0.39 is 0 Å². The van der Waals surface area contributed by atoms with E-state index in [1.165, 1.54) is 11.1 Å². The summed E-state index contributed by atoms with van der Waals surface area (Å²) in [5, 5.41) is 3.50. The van der Waals surface area contributed by atoms with Crippen LogP contribution in [0.1, 0.15) is 30.9 Å². The van der Waals surface area contributed by atoms with E-state index in [1.807, 2.05) is 4.90 Å². The topological polar surface area (TPSA) is 41.6 Å². The highest BCUT2D eigenvalue weighted by Gasteiger charge is 2.21. The zero-order chi connectivity index (χ0) is 13.9. The quantitative estimate of drug-likeness (QED) is 0.889. The number of nitrogens with one attached hydrogen (secondary N) is 1. The molecule has 2 heterocycles. The first-order valence-electron chi connectivity index (χ1n) is 7.48. The summed E-state index contributed by atoms with van der Waals surface area (Å²) in [4.78, 5) is 13.6. The van der Waals surface area contributed by atoms with Crippen molar-refractivity contribution in [2.45, 2.75) is 38.8 Å². The first kappa shape index (κ1) is 13.4. The largest absolute Gasteiger partial charge is 0.493 e. The fourth-order valence-corrected chi connectivity index (χ4v) is 2.93. The maximum Gasteiger partial charge on any atom is 0.222 e. The second-order valence-electron chi connectivity index (χ2n) is 5.77. The van der Waals surface area contributed by atoms with Crippen molar-refractivity contribution in [3.05, 3.63) is 29.3 Å². The van der Waals surface area contributed by atoms with Crippen LogP contribution in [0.5, 0.6) is 5.75 Å². The molecular weight excluding hydrogens is 252 g/mol. The Morgan fingerprint density at radius 3 is 3.10 bits per heavy atom. The van der Waals surface area contributed by atoms with Crippen molar-refractivity contribution < 1.29 is 9.53 Å². The minimum Gasteiger partial charge on any atom is -0.493 e. The first-order valence-corrected chi connectivity index (χ1v) is 7.48. The Labute approximate surface area is 120 Å². The molecule has 0 bridgehead atoms. The molecule has 108 valence electrons. The molecule has 0 saturated carbocycles. The molecule has 0 spiro atoms. The third kappa shape index (κ3) is 2.96. The first-order chi connectivity index (χ1) is 9.72. The van der Waals surface area contributed by atoms with E-state index in [0.29, 0.717) is 11.9 Å². The zero-order valence-corrected chi connectivity index (χ0v) is 12.0. The molecule has 3 rings (SSSR count). The molecule has 1 fully saturated rings. The van der Waals surface area contributed by atoms with Gasteiger partial charge in [0.1, 0.15) is 5.75 Å². The van der Waals surface area contributed by atoms with Gasteiger partial charge in [-0.2, -0.15) is 0 Å². The molecule has 0 radical (unpaired) electrons. The van der Waals surface area contributed by atoms with Crippen molar-refractivity contribution in [2.24, 2.45) is 0 Å². The summed E-state index contributed by atoms with van der Waals surface area (Å²) < 4.78 is 5.51. The van der Waals surface area contributed by atoms with Gasteiger partial charge < -0.3 is 15.0 Å². The van der Waals surface area contributed by atoms with Crippen molar-refractivity contribution in [3.8, 4) is 5.75 Å². The molecule has 1 saturated heterocycles. The molecule has 1 aromatic rings. The number of carbonyl (C=O) groups excluding carboxylic acids is 1. The van der Waals surface area contributed by atoms with Crippen LogP contribution >= 0.6 is 0 Å². The van der Waals surface area contributed by atoms with Crippen LogP contribution in [-0.2, 0) is 17.8 Å². The number of hydrogen-bond acceptors (Lipinski definition) is 3. The monoisotopic (exact) mass is 274 g/mol. The van der Waals surface area contributed by atoms with Crippen LogP contribution in [-0.4, -0.2) is 36.5 Å². The second-order valence-corrected chi connectivity index (χ2v) is 5.77. The van der Waals surface area contributed by atoms with E-state index in [2.05, 4.69) is 30.4 Å². The summed E-state index contributed by atoms with van der Waals surface area (Å²) in [7, 11) is 0. The lowest BCUT2D eigenvalue weighted by Crippen LogP contribution is -2.39. The summed E-state index contributed by atoms with van der Waals surface area (Å²) in [5.41, 5.74) is 2.60. The number of fused-ring (bicyclic) bond motifs is 1. The SMILES string of the molecule is CC(CN1CCCC1=O)NCc1ccc2c(c1)CCO2. The number of amides is 1. The summed E-state index contributed by atoms with van der Waals surface area (Å²) in [6.45, 7) is 5.52. The van der Waals surface area contributed by atoms with Gasteiger partial charge in [0.25, 0.3) is 0 Å². The van der Waals surface area contributed by atoms with Crippen LogP contribution < -0.4 is 10.1 Å². The van der Waals surface area contributed by atoms with Crippen LogP contribution in [0, 0.1) is 0 Å². The average molecular weight is 274 g/mol. The maximum absolute atomic E-state index is 11.6. The molecule has 0 aliphatic carbocycles. The van der Waals surface area contributed by atoms with E-state index in [0.717, 1.165) is 51.3 Å². The van der Waals surface area contributed by atoms with Crippen LogP contribution in [0.25, 0.3) is 0 Å². The third-order valence-electron chi connectivity index (χ3n) is 4.07. The number of carbonyl (C=O) groups is 1. The highest BCUT2D eigenvalue weighted by atomic mass is 16.5. The minimum atomic E-state index is 0.299. The van der Waals surface area contributed by atoms with Gasteiger partial charge in [0, 0.05) is 38.5 Å². The second kappa shape index (κ2) is 5.83. The Balaban J connectivity index is 1.50. The normalized spacial score (nSPS) is 19.1. The summed E-state index contributed by atoms with van der Waals surface area (Å²) >= 11 is 0. The molecular formula is C16H22N2O2. The number of rotatable bonds is 5. The van der Waals surface area contributed by atoms with Gasteiger partial charge in [0.15, 0.2) is 0 Å². The smallest absolute Gasteiger partial charge is 0.222 e. The fraction of sp³-hybridized carbons (Fsp3) is 0.562. The number of hydrogen-bond donors (Lipinski definition) is 1. The molecule has 4 heteroatoms. The van der Waals surface area contributed by atoms with Gasteiger partial charge in [-0.1, -0.05) is 12.1 Å². The van der Waals surface area contributed by atoms with Gasteiger partial charge in [0.2, 0.25) is 5.91 Å². The van der Waals surface area contributed by atoms with Crippen molar-refractivity contribution in [3.63, 3.8) is 0 Å². The van der Waals surface area contributed by atoms with Crippen molar-refractivity contribution in [1.29, 1.82) is 0 Å². The van der Waals surface area contributed by atoms with E-state index in [4.69, 9.17) is 4.74 Å². The molecule has 1 N–H and O–H groups in total. The predicted octanol–water partition coefficient (Wildman–Crippen LogP) is 1.72. The molecule has 0 aromatic heterocycles. The maximum atomic E-state index is 11.6. The highest BCUT2D eigenvalue weighted by Crippen LogP contribution is 2.25. The lowest BCUT2D eigenvalue weighted by molar-refractivity contribution is -0.127. The summed E-state index contributed by atoms with van der Waals surface area (Å²) in [6.07, 6.45) is 2.74. The van der Waals surface area contributed by atoms with Gasteiger partial charge in [-0.15, -0.1) is 0 Å². The molecule has 1 unspecified atom stereocenters. The highest BCUT2D eigenvalue weighted by molar-refractivity contribution is 5.78.